The number of halogens is 1. The number of hydrogen-bond acceptors (Lipinski definition) is 4. The molecular weight excluding hydrogens is 503 g/mol. The summed E-state index contributed by atoms with van der Waals surface area (Å²) >= 11 is 2.20. The van der Waals surface area contributed by atoms with Gasteiger partial charge in [0.05, 0.1) is 51.2 Å². The van der Waals surface area contributed by atoms with E-state index in [9.17, 15) is 4.79 Å². The van der Waals surface area contributed by atoms with Gasteiger partial charge in [-0.25, -0.2) is 12.9 Å². The van der Waals surface area contributed by atoms with E-state index in [0.717, 1.165) is 33.3 Å². The normalized spacial score (nSPS) is 12.4. The van der Waals surface area contributed by atoms with Gasteiger partial charge in [-0.3, -0.25) is 14.9 Å². The van der Waals surface area contributed by atoms with Gasteiger partial charge in [0.2, 0.25) is 5.82 Å². The third-order valence-electron chi connectivity index (χ3n) is 5.30. The van der Waals surface area contributed by atoms with E-state index >= 15 is 0 Å². The van der Waals surface area contributed by atoms with E-state index in [-0.39, 0.29) is 17.8 Å². The van der Waals surface area contributed by atoms with Crippen molar-refractivity contribution in [1.82, 2.24) is 28.3 Å². The van der Waals surface area contributed by atoms with Crippen molar-refractivity contribution in [2.75, 3.05) is 0 Å². The number of aromatic nitrogens is 5. The molecule has 2 N–H and O–H groups in total. The summed E-state index contributed by atoms with van der Waals surface area (Å²) in [6.07, 6.45) is 3.52. The summed E-state index contributed by atoms with van der Waals surface area (Å²) in [6.45, 7) is 3.99. The minimum atomic E-state index is -0.284. The Morgan fingerprint density at radius 2 is 1.84 bits per heavy atom. The van der Waals surface area contributed by atoms with E-state index < -0.39 is 0 Å². The van der Waals surface area contributed by atoms with E-state index in [1.807, 2.05) is 59.2 Å². The lowest BCUT2D eigenvalue weighted by Gasteiger charge is -2.13. The fourth-order valence-electron chi connectivity index (χ4n) is 3.70. The van der Waals surface area contributed by atoms with Gasteiger partial charge in [-0.2, -0.15) is 0 Å². The zero-order valence-electron chi connectivity index (χ0n) is 16.9. The first-order valence-corrected chi connectivity index (χ1v) is 10.8. The van der Waals surface area contributed by atoms with E-state index in [2.05, 4.69) is 54.3 Å². The number of carbonyl (C=O) groups excluding carboxylic acids is 1. The number of benzene rings is 2. The largest absolute Gasteiger partial charge is 0.343 e. The van der Waals surface area contributed by atoms with E-state index in [0.29, 0.717) is 11.0 Å². The first-order valence-electron chi connectivity index (χ1n) is 9.86. The molecule has 3 heterocycles. The number of H-pyrrole nitrogens is 1. The fraction of sp³-hybridized carbons (Fsp3) is 0.130. The van der Waals surface area contributed by atoms with Gasteiger partial charge in [0.25, 0.3) is 5.91 Å². The molecule has 0 radical (unpaired) electrons. The molecule has 8 heteroatoms. The number of carbonyl (C=O) groups is 1. The molecule has 0 aliphatic carbocycles. The Balaban J connectivity index is 1.50. The number of nitrogens with one attached hydrogen (secondary N) is 2. The first kappa shape index (κ1) is 19.7. The lowest BCUT2D eigenvalue weighted by atomic mass is 10.1. The highest BCUT2D eigenvalue weighted by atomic mass is 127. The van der Waals surface area contributed by atoms with Gasteiger partial charge in [-0.15, -0.1) is 0 Å². The quantitative estimate of drug-likeness (QED) is 0.326. The Morgan fingerprint density at radius 1 is 1.10 bits per heavy atom. The van der Waals surface area contributed by atoms with E-state index in [1.54, 1.807) is 12.4 Å². The lowest BCUT2D eigenvalue weighted by molar-refractivity contribution is 0.0930. The number of rotatable bonds is 4. The molecule has 1 amide bonds. The first-order chi connectivity index (χ1) is 15.0. The van der Waals surface area contributed by atoms with Crippen molar-refractivity contribution in [3.63, 3.8) is 0 Å². The van der Waals surface area contributed by atoms with Crippen molar-refractivity contribution in [2.24, 2.45) is 0 Å². The Hall–Kier alpha value is -3.27. The molecule has 0 bridgehead atoms. The molecule has 0 fully saturated rings. The van der Waals surface area contributed by atoms with Crippen molar-refractivity contribution >= 4 is 50.7 Å². The molecule has 0 aliphatic heterocycles. The van der Waals surface area contributed by atoms with Crippen LogP contribution in [0.25, 0.3) is 33.2 Å². The fourth-order valence-corrected chi connectivity index (χ4v) is 4.34. The Bertz CT molecular complexity index is 1420. The monoisotopic (exact) mass is 522 g/mol. The van der Waals surface area contributed by atoms with Crippen LogP contribution in [-0.2, 0) is 0 Å². The third-order valence-corrected chi connectivity index (χ3v) is 6.06. The number of fused-ring (bicyclic) bond motifs is 2. The van der Waals surface area contributed by atoms with Crippen LogP contribution < -0.4 is 5.32 Å². The van der Waals surface area contributed by atoms with Crippen molar-refractivity contribution < 1.29 is 4.79 Å². The highest BCUT2D eigenvalue weighted by Gasteiger charge is 2.18. The zero-order chi connectivity index (χ0) is 21.5. The topological polar surface area (TPSA) is 88.5 Å². The van der Waals surface area contributed by atoms with Crippen LogP contribution in [0.1, 0.15) is 34.7 Å². The maximum Gasteiger partial charge on any atom is 0.289 e. The smallest absolute Gasteiger partial charge is 0.289 e. The number of imidazole rings is 1. The van der Waals surface area contributed by atoms with Gasteiger partial charge >= 0.3 is 0 Å². The van der Waals surface area contributed by atoms with Gasteiger partial charge in [0.1, 0.15) is 0 Å². The van der Waals surface area contributed by atoms with Gasteiger partial charge in [-0.1, -0.05) is 29.8 Å². The second-order valence-electron chi connectivity index (χ2n) is 7.52. The summed E-state index contributed by atoms with van der Waals surface area (Å²) in [4.78, 5) is 25.9. The number of pyridine rings is 1. The van der Waals surface area contributed by atoms with Gasteiger partial charge in [0.15, 0.2) is 0 Å². The van der Waals surface area contributed by atoms with Crippen molar-refractivity contribution in [2.45, 2.75) is 19.9 Å². The molecule has 0 saturated heterocycles. The van der Waals surface area contributed by atoms with Gasteiger partial charge in [-0.05, 0) is 43.7 Å². The minimum absolute atomic E-state index is 0.139. The maximum absolute atomic E-state index is 12.8. The summed E-state index contributed by atoms with van der Waals surface area (Å²) in [6, 6.07) is 15.8. The van der Waals surface area contributed by atoms with Crippen LogP contribution in [0.5, 0.6) is 0 Å². The molecule has 7 nitrogen and oxygen atoms in total. The van der Waals surface area contributed by atoms with Crippen molar-refractivity contribution in [3.8, 4) is 11.3 Å². The van der Waals surface area contributed by atoms with Gasteiger partial charge in [0, 0.05) is 23.3 Å². The number of hydrogen-bond donors (Lipinski definition) is 2. The average molecular weight is 522 g/mol. The molecule has 2 aromatic carbocycles. The number of nitrogens with zero attached hydrogens (tertiary/aromatic N) is 4. The summed E-state index contributed by atoms with van der Waals surface area (Å²) in [5, 5.41) is 7.37. The molecule has 31 heavy (non-hydrogen) atoms. The Labute approximate surface area is 192 Å². The molecule has 5 rings (SSSR count). The summed E-state index contributed by atoms with van der Waals surface area (Å²) in [5.41, 5.74) is 6.54. The van der Waals surface area contributed by atoms with Crippen LogP contribution in [0.15, 0.2) is 60.9 Å². The second-order valence-corrected chi connectivity index (χ2v) is 8.48. The molecule has 0 spiro atoms. The maximum atomic E-state index is 12.8. The van der Waals surface area contributed by atoms with Crippen LogP contribution in [0.2, 0.25) is 0 Å². The molecule has 1 atom stereocenters. The van der Waals surface area contributed by atoms with Crippen molar-refractivity contribution in [1.29, 1.82) is 0 Å². The lowest BCUT2D eigenvalue weighted by Crippen LogP contribution is -2.27. The summed E-state index contributed by atoms with van der Waals surface area (Å²) in [7, 11) is 0. The third kappa shape index (κ3) is 3.67. The van der Waals surface area contributed by atoms with Crippen LogP contribution >= 0.6 is 22.9 Å². The van der Waals surface area contributed by atoms with Crippen LogP contribution in [-0.4, -0.2) is 28.9 Å². The van der Waals surface area contributed by atoms with Crippen LogP contribution in [0.3, 0.4) is 0 Å². The molecular formula is C23H19IN6O. The molecule has 5 aromatic rings. The number of aryl methyl sites for hydroxylation is 1. The average Bonchev–Trinajstić information content (AvgIpc) is 3.33. The molecule has 0 saturated carbocycles. The van der Waals surface area contributed by atoms with Crippen LogP contribution in [0.4, 0.5) is 0 Å². The molecule has 3 aromatic heterocycles. The summed E-state index contributed by atoms with van der Waals surface area (Å²) in [5.74, 6) is -0.107. The van der Waals surface area contributed by atoms with Crippen molar-refractivity contribution in [3.05, 3.63) is 77.9 Å². The second kappa shape index (κ2) is 7.77. The van der Waals surface area contributed by atoms with Crippen LogP contribution in [0, 0.1) is 6.92 Å². The predicted molar refractivity (Wildman–Crippen MR) is 129 cm³/mol. The Kier molecular flexibility index (Phi) is 4.93. The number of aromatic amines is 1. The Morgan fingerprint density at radius 3 is 2.58 bits per heavy atom. The van der Waals surface area contributed by atoms with E-state index in [1.165, 1.54) is 0 Å². The highest BCUT2D eigenvalue weighted by molar-refractivity contribution is 14.1. The minimum Gasteiger partial charge on any atom is -0.343 e. The molecule has 0 aliphatic rings. The SMILES string of the molecule is Cc1cccc([C@@H](C)NC(=O)c2nc3cc4c(-c5ccncc5)[nH]n(I)c4cc3n2)c1. The predicted octanol–water partition coefficient (Wildman–Crippen LogP) is 4.97. The van der Waals surface area contributed by atoms with E-state index in [4.69, 9.17) is 0 Å². The molecule has 0 unspecified atom stereocenters. The van der Waals surface area contributed by atoms with Gasteiger partial charge < -0.3 is 5.32 Å². The molecule has 154 valence electrons. The zero-order valence-corrected chi connectivity index (χ0v) is 19.1. The summed E-state index contributed by atoms with van der Waals surface area (Å²) < 4.78 is 1.91. The number of amides is 1. The standard InChI is InChI=1S/C23H19IN6O/c1-13-4-3-5-16(10-13)14(2)26-23(31)22-27-18-11-17-20(12-19(18)28-22)30(24)29-21(17)15-6-8-25-9-7-15/h3-12,14,29H,1-2H3,(H,26,31)/t14-/m1/s1. The highest BCUT2D eigenvalue weighted by Crippen LogP contribution is 2.31.